The summed E-state index contributed by atoms with van der Waals surface area (Å²) in [7, 11) is 1.23. The van der Waals surface area contributed by atoms with Gasteiger partial charge in [0.05, 0.1) is 30.4 Å². The maximum absolute atomic E-state index is 13.1. The quantitative estimate of drug-likeness (QED) is 0.247. The number of aromatic nitrogens is 1. The lowest BCUT2D eigenvalue weighted by molar-refractivity contribution is -0.140. The molecule has 3 rings (SSSR count). The van der Waals surface area contributed by atoms with Gasteiger partial charge in [0.15, 0.2) is 0 Å². The number of carbonyl (C=O) groups excluding carboxylic acids is 1. The van der Waals surface area contributed by atoms with E-state index in [1.165, 1.54) is 31.4 Å². The Hall–Kier alpha value is -3.56. The molecule has 0 bridgehead atoms. The highest BCUT2D eigenvalue weighted by atomic mass is 19.4. The highest BCUT2D eigenvalue weighted by molar-refractivity contribution is 5.75. The third-order valence-corrected chi connectivity index (χ3v) is 5.29. The van der Waals surface area contributed by atoms with Crippen molar-refractivity contribution in [2.45, 2.75) is 32.6 Å². The molecule has 0 atom stereocenters. The number of benzene rings is 2. The average Bonchev–Trinajstić information content (AvgIpc) is 2.81. The minimum atomic E-state index is -4.50. The van der Waals surface area contributed by atoms with Gasteiger partial charge in [-0.1, -0.05) is 26.0 Å². The maximum atomic E-state index is 13.1. The zero-order valence-electron chi connectivity index (χ0n) is 19.7. The monoisotopic (exact) mass is 510 g/mol. The molecule has 0 spiro atoms. The second-order valence-corrected chi connectivity index (χ2v) is 8.60. The van der Waals surface area contributed by atoms with E-state index >= 15 is 0 Å². The first kappa shape index (κ1) is 27.0. The second kappa shape index (κ2) is 10.6. The SMILES string of the molecule is COC(=O)Cc1cc(-c2ccc(C(F)(F)F)cc2)nc(N(CC(C)C)c2ccc(C(F)(F)F)cc2)c1. The molecule has 0 aliphatic carbocycles. The zero-order chi connectivity index (χ0) is 26.7. The number of pyridine rings is 1. The summed E-state index contributed by atoms with van der Waals surface area (Å²) >= 11 is 0. The highest BCUT2D eigenvalue weighted by Crippen LogP contribution is 2.35. The van der Waals surface area contributed by atoms with E-state index in [0.717, 1.165) is 24.3 Å². The summed E-state index contributed by atoms with van der Waals surface area (Å²) in [4.78, 5) is 18.3. The predicted octanol–water partition coefficient (Wildman–Crippen LogP) is 7.30. The van der Waals surface area contributed by atoms with Crippen LogP contribution in [0.5, 0.6) is 0 Å². The van der Waals surface area contributed by atoms with E-state index in [9.17, 15) is 31.1 Å². The van der Waals surface area contributed by atoms with Crippen LogP contribution in [-0.2, 0) is 28.3 Å². The van der Waals surface area contributed by atoms with Gasteiger partial charge in [-0.15, -0.1) is 0 Å². The van der Waals surface area contributed by atoms with Gasteiger partial charge in [-0.25, -0.2) is 4.98 Å². The van der Waals surface area contributed by atoms with E-state index < -0.39 is 29.4 Å². The van der Waals surface area contributed by atoms with Gasteiger partial charge in [-0.2, -0.15) is 26.3 Å². The molecule has 2 aromatic carbocycles. The van der Waals surface area contributed by atoms with E-state index in [4.69, 9.17) is 4.74 Å². The van der Waals surface area contributed by atoms with Crippen LogP contribution in [0.1, 0.15) is 30.5 Å². The summed E-state index contributed by atoms with van der Waals surface area (Å²) in [5.74, 6) is -0.122. The summed E-state index contributed by atoms with van der Waals surface area (Å²) in [6.07, 6.45) is -9.11. The first-order valence-electron chi connectivity index (χ1n) is 11.0. The molecule has 0 saturated carbocycles. The molecule has 0 aliphatic rings. The van der Waals surface area contributed by atoms with Crippen molar-refractivity contribution in [1.82, 2.24) is 4.98 Å². The van der Waals surface area contributed by atoms with Crippen LogP contribution in [0.15, 0.2) is 60.7 Å². The van der Waals surface area contributed by atoms with Crippen molar-refractivity contribution in [3.63, 3.8) is 0 Å². The largest absolute Gasteiger partial charge is 0.469 e. The Kier molecular flexibility index (Phi) is 7.96. The van der Waals surface area contributed by atoms with Gasteiger partial charge < -0.3 is 9.64 Å². The van der Waals surface area contributed by atoms with Crippen molar-refractivity contribution in [1.29, 1.82) is 0 Å². The van der Waals surface area contributed by atoms with Crippen molar-refractivity contribution in [3.05, 3.63) is 77.4 Å². The molecule has 10 heteroatoms. The van der Waals surface area contributed by atoms with E-state index in [1.807, 2.05) is 13.8 Å². The molecule has 4 nitrogen and oxygen atoms in total. The number of hydrogen-bond acceptors (Lipinski definition) is 4. The van der Waals surface area contributed by atoms with Crippen LogP contribution in [0, 0.1) is 5.92 Å². The molecular weight excluding hydrogens is 486 g/mol. The number of ether oxygens (including phenoxy) is 1. The van der Waals surface area contributed by atoms with Gasteiger partial charge in [-0.3, -0.25) is 4.79 Å². The van der Waals surface area contributed by atoms with Crippen molar-refractivity contribution in [2.75, 3.05) is 18.6 Å². The Morgan fingerprint density at radius 1 is 0.889 bits per heavy atom. The molecule has 0 fully saturated rings. The van der Waals surface area contributed by atoms with Crippen LogP contribution in [0.3, 0.4) is 0 Å². The third-order valence-electron chi connectivity index (χ3n) is 5.29. The number of methoxy groups -OCH3 is 1. The standard InChI is InChI=1S/C26H24F6N2O2/c1-16(2)15-34(21-10-8-20(9-11-21)26(30,31)32)23-13-17(14-24(35)36-3)12-22(33-23)18-4-6-19(7-5-18)25(27,28)29/h4-13,16H,14-15H2,1-3H3. The summed E-state index contributed by atoms with van der Waals surface area (Å²) in [6.45, 7) is 4.23. The predicted molar refractivity (Wildman–Crippen MR) is 124 cm³/mol. The smallest absolute Gasteiger partial charge is 0.416 e. The average molecular weight is 510 g/mol. The molecule has 0 unspecified atom stereocenters. The molecule has 0 amide bonds. The van der Waals surface area contributed by atoms with Gasteiger partial charge in [0.2, 0.25) is 0 Å². The lowest BCUT2D eigenvalue weighted by Crippen LogP contribution is -2.24. The summed E-state index contributed by atoms with van der Waals surface area (Å²) in [5.41, 5.74) is 0.00542. The summed E-state index contributed by atoms with van der Waals surface area (Å²) in [5, 5.41) is 0. The minimum absolute atomic E-state index is 0.0767. The fourth-order valence-corrected chi connectivity index (χ4v) is 3.55. The first-order chi connectivity index (χ1) is 16.8. The number of rotatable bonds is 7. The van der Waals surface area contributed by atoms with E-state index in [0.29, 0.717) is 34.9 Å². The van der Waals surface area contributed by atoms with Crippen molar-refractivity contribution in [3.8, 4) is 11.3 Å². The Labute approximate surface area is 204 Å². The lowest BCUT2D eigenvalue weighted by atomic mass is 10.0. The number of halogens is 6. The van der Waals surface area contributed by atoms with Crippen molar-refractivity contribution >= 4 is 17.5 Å². The van der Waals surface area contributed by atoms with Crippen LogP contribution in [0.4, 0.5) is 37.8 Å². The molecular formula is C26H24F6N2O2. The molecule has 0 radical (unpaired) electrons. The van der Waals surface area contributed by atoms with Crippen molar-refractivity contribution in [2.24, 2.45) is 5.92 Å². The van der Waals surface area contributed by atoms with E-state index in [1.54, 1.807) is 17.0 Å². The molecule has 36 heavy (non-hydrogen) atoms. The zero-order valence-corrected chi connectivity index (χ0v) is 19.7. The number of alkyl halides is 6. The van der Waals surface area contributed by atoms with E-state index in [-0.39, 0.29) is 12.3 Å². The number of anilines is 2. The number of carbonyl (C=O) groups is 1. The first-order valence-corrected chi connectivity index (χ1v) is 11.0. The summed E-state index contributed by atoms with van der Waals surface area (Å²) in [6, 6.07) is 12.2. The van der Waals surface area contributed by atoms with Crippen LogP contribution in [0.25, 0.3) is 11.3 Å². The van der Waals surface area contributed by atoms with Gasteiger partial charge in [0.25, 0.3) is 0 Å². The Morgan fingerprint density at radius 3 is 1.89 bits per heavy atom. The Bertz CT molecular complexity index is 1190. The Morgan fingerprint density at radius 2 is 1.42 bits per heavy atom. The lowest BCUT2D eigenvalue weighted by Gasteiger charge is -2.27. The van der Waals surface area contributed by atoms with Gasteiger partial charge in [0.1, 0.15) is 5.82 Å². The highest BCUT2D eigenvalue weighted by Gasteiger charge is 2.31. The van der Waals surface area contributed by atoms with Gasteiger partial charge in [0, 0.05) is 17.8 Å². The fraction of sp³-hybridized carbons (Fsp3) is 0.308. The third kappa shape index (κ3) is 6.77. The topological polar surface area (TPSA) is 42.4 Å². The number of hydrogen-bond donors (Lipinski definition) is 0. The van der Waals surface area contributed by atoms with Crippen LogP contribution in [-0.4, -0.2) is 24.6 Å². The molecule has 192 valence electrons. The fourth-order valence-electron chi connectivity index (χ4n) is 3.55. The molecule has 1 aromatic heterocycles. The molecule has 3 aromatic rings. The van der Waals surface area contributed by atoms with Crippen LogP contribution < -0.4 is 4.90 Å². The maximum Gasteiger partial charge on any atom is 0.416 e. The molecule has 0 saturated heterocycles. The van der Waals surface area contributed by atoms with Gasteiger partial charge in [-0.05, 0) is 60.0 Å². The van der Waals surface area contributed by atoms with Crippen LogP contribution in [0.2, 0.25) is 0 Å². The molecule has 1 heterocycles. The van der Waals surface area contributed by atoms with Crippen LogP contribution >= 0.6 is 0 Å². The number of nitrogens with zero attached hydrogens (tertiary/aromatic N) is 2. The Balaban J connectivity index is 2.11. The van der Waals surface area contributed by atoms with Gasteiger partial charge >= 0.3 is 18.3 Å². The second-order valence-electron chi connectivity index (χ2n) is 8.60. The molecule has 0 N–H and O–H groups in total. The van der Waals surface area contributed by atoms with E-state index in [2.05, 4.69) is 4.98 Å². The summed E-state index contributed by atoms with van der Waals surface area (Å²) < 4.78 is 83.0. The number of esters is 1. The van der Waals surface area contributed by atoms with Crippen molar-refractivity contribution < 1.29 is 35.9 Å². The normalized spacial score (nSPS) is 12.1. The minimum Gasteiger partial charge on any atom is -0.469 e. The molecule has 0 aliphatic heterocycles.